The molecule has 0 aliphatic heterocycles. The number of phosphoric acid groups is 1. The van der Waals surface area contributed by atoms with Crippen molar-refractivity contribution < 1.29 is 43.1 Å². The lowest BCUT2D eigenvalue weighted by molar-refractivity contribution is -0.870. The third-order valence-corrected chi connectivity index (χ3v) is 13.5. The summed E-state index contributed by atoms with van der Waals surface area (Å²) < 4.78 is 28.7. The van der Waals surface area contributed by atoms with Gasteiger partial charge in [-0.3, -0.25) is 9.05 Å². The number of carbonyl (C=O) groups excluding carboxylic acids is 1. The van der Waals surface area contributed by atoms with E-state index < -0.39 is 26.6 Å². The molecular weight excluding hydrogens is 619 g/mol. The summed E-state index contributed by atoms with van der Waals surface area (Å²) in [5.41, 5.74) is 2.08. The van der Waals surface area contributed by atoms with Crippen LogP contribution in [0.1, 0.15) is 105 Å². The first-order valence-electron chi connectivity index (χ1n) is 18.2. The summed E-state index contributed by atoms with van der Waals surface area (Å²) in [6.45, 7) is 12.1. The van der Waals surface area contributed by atoms with Crippen molar-refractivity contribution in [3.05, 3.63) is 11.6 Å². The zero-order valence-electron chi connectivity index (χ0n) is 30.6. The average Bonchev–Trinajstić information content (AvgIpc) is 3.31. The molecule has 10 atom stereocenters. The summed E-state index contributed by atoms with van der Waals surface area (Å²) in [5, 5.41) is 12.4. The largest absolute Gasteiger partial charge is 0.870 e. The molecule has 4 aliphatic carbocycles. The van der Waals surface area contributed by atoms with E-state index in [9.17, 15) is 19.4 Å². The number of amides is 1. The average molecular weight is 687 g/mol. The van der Waals surface area contributed by atoms with Crippen molar-refractivity contribution in [2.75, 3.05) is 47.5 Å². The molecular formula is C36H67N2O8P. The number of aliphatic hydroxyl groups is 1. The Bertz CT molecular complexity index is 1110. The van der Waals surface area contributed by atoms with Crippen LogP contribution in [0.2, 0.25) is 0 Å². The number of nitrogens with zero attached hydrogens (tertiary/aromatic N) is 1. The molecule has 4 rings (SSSR count). The molecule has 1 amide bonds. The summed E-state index contributed by atoms with van der Waals surface area (Å²) in [6, 6.07) is -0.886. The van der Waals surface area contributed by atoms with E-state index >= 15 is 0 Å². The second kappa shape index (κ2) is 16.3. The minimum Gasteiger partial charge on any atom is -0.870 e. The fraction of sp³-hybridized carbons (Fsp3) is 0.917. The second-order valence-electron chi connectivity index (χ2n) is 17.2. The van der Waals surface area contributed by atoms with Crippen molar-refractivity contribution >= 4 is 13.9 Å². The van der Waals surface area contributed by atoms with Crippen LogP contribution in [-0.4, -0.2) is 85.7 Å². The smallest absolute Gasteiger partial charge is 0.472 e. The molecule has 3 fully saturated rings. The molecule has 47 heavy (non-hydrogen) atoms. The molecule has 0 heterocycles. The lowest BCUT2D eigenvalue weighted by atomic mass is 9.47. The molecule has 2 unspecified atom stereocenters. The van der Waals surface area contributed by atoms with Crippen LogP contribution in [0.25, 0.3) is 0 Å². The number of alkyl carbamates (subject to hydrolysis) is 1. The van der Waals surface area contributed by atoms with Gasteiger partial charge in [0.25, 0.3) is 0 Å². The number of likely N-dealkylation sites (N-methyl/N-ethyl adjacent to an activating group) is 1. The van der Waals surface area contributed by atoms with E-state index in [2.05, 4.69) is 46.0 Å². The lowest BCUT2D eigenvalue weighted by Crippen LogP contribution is -2.51. The Morgan fingerprint density at radius 1 is 1.06 bits per heavy atom. The number of nitrogens with one attached hydrogen (secondary N) is 1. The Morgan fingerprint density at radius 2 is 1.79 bits per heavy atom. The normalized spacial score (nSPS) is 34.5. The van der Waals surface area contributed by atoms with Gasteiger partial charge >= 0.3 is 13.9 Å². The molecule has 0 bridgehead atoms. The van der Waals surface area contributed by atoms with Gasteiger partial charge in [-0.2, -0.15) is 0 Å². The van der Waals surface area contributed by atoms with Crippen LogP contribution in [0.3, 0.4) is 0 Å². The lowest BCUT2D eigenvalue weighted by Gasteiger charge is -2.58. The molecule has 11 heteroatoms. The summed E-state index contributed by atoms with van der Waals surface area (Å²) in [6.07, 6.45) is 14.8. The van der Waals surface area contributed by atoms with Crippen molar-refractivity contribution in [2.45, 2.75) is 117 Å². The van der Waals surface area contributed by atoms with Crippen LogP contribution in [0.15, 0.2) is 11.6 Å². The Labute approximate surface area is 284 Å². The Kier molecular flexibility index (Phi) is 14.1. The van der Waals surface area contributed by atoms with Crippen LogP contribution in [0.5, 0.6) is 0 Å². The fourth-order valence-corrected chi connectivity index (χ4v) is 10.7. The minimum atomic E-state index is -4.31. The summed E-state index contributed by atoms with van der Waals surface area (Å²) >= 11 is 0. The van der Waals surface area contributed by atoms with E-state index in [1.54, 1.807) is 0 Å². The predicted molar refractivity (Wildman–Crippen MR) is 184 cm³/mol. The van der Waals surface area contributed by atoms with Gasteiger partial charge in [0.05, 0.1) is 40.4 Å². The molecule has 0 aromatic rings. The molecule has 0 aromatic carbocycles. The number of hydrogen-bond acceptors (Lipinski definition) is 7. The second-order valence-corrected chi connectivity index (χ2v) is 18.6. The number of ether oxygens (including phenoxy) is 1. The van der Waals surface area contributed by atoms with Gasteiger partial charge in [0.2, 0.25) is 0 Å². The van der Waals surface area contributed by atoms with Crippen LogP contribution in [0, 0.1) is 46.3 Å². The highest BCUT2D eigenvalue weighted by atomic mass is 31.2. The van der Waals surface area contributed by atoms with Gasteiger partial charge in [0.15, 0.2) is 0 Å². The fourth-order valence-electron chi connectivity index (χ4n) is 9.90. The summed E-state index contributed by atoms with van der Waals surface area (Å²) in [5.74, 6) is 4.72. The van der Waals surface area contributed by atoms with Crippen molar-refractivity contribution in [2.24, 2.45) is 46.3 Å². The van der Waals surface area contributed by atoms with Gasteiger partial charge in [0, 0.05) is 6.42 Å². The van der Waals surface area contributed by atoms with E-state index in [0.717, 1.165) is 55.3 Å². The third kappa shape index (κ3) is 10.0. The molecule has 0 aromatic heterocycles. The number of carbonyl (C=O) groups is 1. The Hall–Kier alpha value is -1.00. The molecule has 0 saturated heterocycles. The van der Waals surface area contributed by atoms with Gasteiger partial charge in [-0.1, -0.05) is 65.5 Å². The van der Waals surface area contributed by atoms with Gasteiger partial charge in [0.1, 0.15) is 19.3 Å². The molecule has 3 saturated carbocycles. The van der Waals surface area contributed by atoms with Gasteiger partial charge < -0.3 is 30.0 Å². The highest BCUT2D eigenvalue weighted by Gasteiger charge is 2.59. The summed E-state index contributed by atoms with van der Waals surface area (Å²) in [4.78, 5) is 22.8. The highest BCUT2D eigenvalue weighted by Crippen LogP contribution is 2.67. The standard InChI is InChI=1S/C36H65N2O7P.H2O/c1-25(2)10-9-11-26(3)31-14-15-32-30-13-12-27-22-29(16-18-35(27,4)33(30)17-19-36(31,32)5)45-34(40)37-28(23-39)24-44-46(41,42)43-21-20-38(6,7)8;/h12,25-26,28-33,39H,9-11,13-24H2,1-8H3,(H-,37,40,41,42);1H2/t26-,28?,29+,30+,31-,32+,33+,35+,36-;/m1./s1. The van der Waals surface area contributed by atoms with E-state index in [4.69, 9.17) is 13.8 Å². The number of fused-ring (bicyclic) bond motifs is 5. The molecule has 4 N–H and O–H groups in total. The number of allylic oxidation sites excluding steroid dienone is 1. The van der Waals surface area contributed by atoms with E-state index in [0.29, 0.717) is 22.4 Å². The number of aliphatic hydroxyl groups excluding tert-OH is 1. The Balaban J connectivity index is 0.00000600. The van der Waals surface area contributed by atoms with Crippen LogP contribution >= 0.6 is 7.82 Å². The SMILES string of the molecule is CC(C)CCC[C@@H](C)[C@H]1CC[C@H]2[C@@H]3CC=C4C[C@@H](OC(=O)NC(CO)COP(=O)(O)OCC[N+](C)(C)C)CC[C@]4(C)[C@H]3CC[C@]12C.[OH-]. The van der Waals surface area contributed by atoms with Gasteiger partial charge in [-0.05, 0) is 91.3 Å². The van der Waals surface area contributed by atoms with Crippen LogP contribution in [-0.2, 0) is 18.3 Å². The number of quaternary nitrogens is 1. The van der Waals surface area contributed by atoms with Crippen LogP contribution < -0.4 is 5.32 Å². The van der Waals surface area contributed by atoms with Gasteiger partial charge in [-0.25, -0.2) is 9.36 Å². The third-order valence-electron chi connectivity index (χ3n) is 12.5. The Morgan fingerprint density at radius 3 is 2.45 bits per heavy atom. The zero-order valence-corrected chi connectivity index (χ0v) is 31.5. The maximum atomic E-state index is 12.8. The predicted octanol–water partition coefficient (Wildman–Crippen LogP) is 7.15. The first kappa shape index (κ1) is 40.4. The van der Waals surface area contributed by atoms with E-state index in [-0.39, 0.29) is 30.2 Å². The molecule has 10 nitrogen and oxygen atoms in total. The van der Waals surface area contributed by atoms with Crippen molar-refractivity contribution in [3.63, 3.8) is 0 Å². The minimum absolute atomic E-state index is 0. The van der Waals surface area contributed by atoms with E-state index in [1.165, 1.54) is 50.5 Å². The van der Waals surface area contributed by atoms with Crippen molar-refractivity contribution in [1.29, 1.82) is 0 Å². The number of hydrogen-bond donors (Lipinski definition) is 3. The maximum Gasteiger partial charge on any atom is 0.472 e. The van der Waals surface area contributed by atoms with Crippen molar-refractivity contribution in [3.8, 4) is 0 Å². The highest BCUT2D eigenvalue weighted by molar-refractivity contribution is 7.47. The maximum absolute atomic E-state index is 12.8. The number of rotatable bonds is 15. The molecule has 0 spiro atoms. The first-order valence-corrected chi connectivity index (χ1v) is 19.7. The molecule has 0 radical (unpaired) electrons. The molecule has 4 aliphatic rings. The van der Waals surface area contributed by atoms with Crippen LogP contribution in [0.4, 0.5) is 4.79 Å². The molecule has 274 valence electrons. The van der Waals surface area contributed by atoms with Gasteiger partial charge in [-0.15, -0.1) is 0 Å². The monoisotopic (exact) mass is 686 g/mol. The zero-order chi connectivity index (χ0) is 33.9. The number of phosphoric ester groups is 1. The van der Waals surface area contributed by atoms with Crippen molar-refractivity contribution in [1.82, 2.24) is 5.32 Å². The topological polar surface area (TPSA) is 144 Å². The quantitative estimate of drug-likeness (QED) is 0.0937. The summed E-state index contributed by atoms with van der Waals surface area (Å²) in [7, 11) is 1.54. The van der Waals surface area contributed by atoms with E-state index in [1.807, 2.05) is 21.1 Å². The first-order chi connectivity index (χ1) is 21.5.